The molecule has 4 heteroatoms. The average molecular weight is 296 g/mol. The van der Waals surface area contributed by atoms with Gasteiger partial charge in [0, 0.05) is 11.7 Å². The molecular weight excluding hydrogens is 276 g/mol. The van der Waals surface area contributed by atoms with Crippen molar-refractivity contribution in [3.05, 3.63) is 65.7 Å². The van der Waals surface area contributed by atoms with E-state index in [2.05, 4.69) is 10.6 Å². The minimum atomic E-state index is -0.434. The van der Waals surface area contributed by atoms with Gasteiger partial charge in [0.25, 0.3) is 0 Å². The Morgan fingerprint density at radius 3 is 2.59 bits per heavy atom. The Morgan fingerprint density at radius 1 is 1.14 bits per heavy atom. The second-order valence-electron chi connectivity index (χ2n) is 5.63. The molecule has 0 radical (unpaired) electrons. The predicted molar refractivity (Wildman–Crippen MR) is 86.3 cm³/mol. The lowest BCUT2D eigenvalue weighted by atomic mass is 10.1. The van der Waals surface area contributed by atoms with Crippen LogP contribution in [0.25, 0.3) is 0 Å². The second kappa shape index (κ2) is 6.62. The molecule has 0 spiro atoms. The first-order chi connectivity index (χ1) is 10.8. The number of carbonyl (C=O) groups excluding carboxylic acids is 1. The topological polar surface area (TPSA) is 61.4 Å². The van der Waals surface area contributed by atoms with Crippen molar-refractivity contribution in [2.75, 3.05) is 5.32 Å². The van der Waals surface area contributed by atoms with E-state index in [0.29, 0.717) is 6.04 Å². The van der Waals surface area contributed by atoms with Crippen molar-refractivity contribution in [3.63, 3.8) is 0 Å². The number of anilines is 1. The van der Waals surface area contributed by atoms with Gasteiger partial charge in [-0.15, -0.1) is 0 Å². The van der Waals surface area contributed by atoms with Crippen molar-refractivity contribution in [1.29, 1.82) is 0 Å². The van der Waals surface area contributed by atoms with Crippen molar-refractivity contribution in [2.45, 2.75) is 31.5 Å². The Kier molecular flexibility index (Phi) is 4.39. The van der Waals surface area contributed by atoms with Crippen LogP contribution < -0.4 is 10.6 Å². The van der Waals surface area contributed by atoms with E-state index in [1.807, 2.05) is 54.6 Å². The Morgan fingerprint density at radius 2 is 1.91 bits per heavy atom. The normalized spacial score (nSPS) is 15.1. The monoisotopic (exact) mass is 296 g/mol. The molecule has 0 aliphatic heterocycles. The van der Waals surface area contributed by atoms with Crippen LogP contribution in [-0.4, -0.2) is 17.1 Å². The van der Waals surface area contributed by atoms with Crippen LogP contribution in [0.15, 0.2) is 54.6 Å². The van der Waals surface area contributed by atoms with Crippen molar-refractivity contribution in [2.24, 2.45) is 0 Å². The second-order valence-corrected chi connectivity index (χ2v) is 5.63. The largest absolute Gasteiger partial charge is 0.392 e. The summed E-state index contributed by atoms with van der Waals surface area (Å²) in [4.78, 5) is 12.5. The molecule has 4 nitrogen and oxygen atoms in total. The summed E-state index contributed by atoms with van der Waals surface area (Å²) < 4.78 is 0. The molecule has 1 aliphatic carbocycles. The van der Waals surface area contributed by atoms with E-state index < -0.39 is 6.04 Å². The zero-order valence-electron chi connectivity index (χ0n) is 12.3. The van der Waals surface area contributed by atoms with E-state index >= 15 is 0 Å². The fraction of sp³-hybridized carbons (Fsp3) is 0.278. The summed E-state index contributed by atoms with van der Waals surface area (Å²) in [6.07, 6.45) is 2.13. The molecule has 1 unspecified atom stereocenters. The molecule has 1 fully saturated rings. The minimum absolute atomic E-state index is 0.0110. The highest BCUT2D eigenvalue weighted by molar-refractivity contribution is 5.86. The predicted octanol–water partition coefficient (Wildman–Crippen LogP) is 2.61. The van der Waals surface area contributed by atoms with Gasteiger partial charge < -0.3 is 15.7 Å². The molecule has 2 aromatic rings. The third-order valence-electron chi connectivity index (χ3n) is 3.74. The number of nitrogens with one attached hydrogen (secondary N) is 2. The van der Waals surface area contributed by atoms with Crippen molar-refractivity contribution in [3.8, 4) is 0 Å². The lowest BCUT2D eigenvalue weighted by Crippen LogP contribution is -2.34. The van der Waals surface area contributed by atoms with Crippen LogP contribution in [0.2, 0.25) is 0 Å². The third-order valence-corrected chi connectivity index (χ3v) is 3.74. The third kappa shape index (κ3) is 3.65. The van der Waals surface area contributed by atoms with Gasteiger partial charge in [-0.3, -0.25) is 4.79 Å². The Bertz CT molecular complexity index is 639. The molecule has 0 bridgehead atoms. The van der Waals surface area contributed by atoms with Crippen LogP contribution in [0.4, 0.5) is 5.69 Å². The van der Waals surface area contributed by atoms with Gasteiger partial charge in [-0.25, -0.2) is 0 Å². The van der Waals surface area contributed by atoms with Gasteiger partial charge in [-0.2, -0.15) is 0 Å². The van der Waals surface area contributed by atoms with Gasteiger partial charge in [-0.1, -0.05) is 42.5 Å². The molecule has 114 valence electrons. The van der Waals surface area contributed by atoms with Crippen molar-refractivity contribution < 1.29 is 9.90 Å². The van der Waals surface area contributed by atoms with E-state index in [1.54, 1.807) is 0 Å². The maximum Gasteiger partial charge on any atom is 0.247 e. The van der Waals surface area contributed by atoms with E-state index in [-0.39, 0.29) is 12.5 Å². The Labute approximate surface area is 130 Å². The molecule has 0 saturated heterocycles. The number of aliphatic hydroxyl groups is 1. The van der Waals surface area contributed by atoms with Crippen LogP contribution in [0.5, 0.6) is 0 Å². The average Bonchev–Trinajstić information content (AvgIpc) is 3.37. The van der Waals surface area contributed by atoms with Crippen molar-refractivity contribution in [1.82, 2.24) is 5.32 Å². The van der Waals surface area contributed by atoms with Crippen LogP contribution >= 0.6 is 0 Å². The number of carbonyl (C=O) groups is 1. The number of benzene rings is 2. The Balaban J connectivity index is 1.82. The summed E-state index contributed by atoms with van der Waals surface area (Å²) >= 11 is 0. The van der Waals surface area contributed by atoms with E-state index in [0.717, 1.165) is 29.7 Å². The van der Waals surface area contributed by atoms with Gasteiger partial charge in [0.05, 0.1) is 6.61 Å². The standard InChI is InChI=1S/C18H20N2O2/c21-12-13-5-4-8-16(11-13)19-17(14-6-2-1-3-7-14)18(22)20-15-9-10-15/h1-8,11,15,17,19,21H,9-10,12H2,(H,20,22). The van der Waals surface area contributed by atoms with E-state index in [1.165, 1.54) is 0 Å². The molecule has 1 saturated carbocycles. The summed E-state index contributed by atoms with van der Waals surface area (Å²) in [5.41, 5.74) is 2.57. The highest BCUT2D eigenvalue weighted by atomic mass is 16.3. The molecule has 1 aliphatic rings. The zero-order valence-corrected chi connectivity index (χ0v) is 12.3. The lowest BCUT2D eigenvalue weighted by molar-refractivity contribution is -0.122. The first kappa shape index (κ1) is 14.6. The smallest absolute Gasteiger partial charge is 0.247 e. The van der Waals surface area contributed by atoms with Crippen LogP contribution in [0.1, 0.15) is 30.0 Å². The summed E-state index contributed by atoms with van der Waals surface area (Å²) in [6.45, 7) is -0.0141. The maximum atomic E-state index is 12.5. The fourth-order valence-corrected chi connectivity index (χ4v) is 2.38. The molecular formula is C18H20N2O2. The number of hydrogen-bond acceptors (Lipinski definition) is 3. The van der Waals surface area contributed by atoms with Crippen LogP contribution in [-0.2, 0) is 11.4 Å². The first-order valence-corrected chi connectivity index (χ1v) is 7.58. The SMILES string of the molecule is O=C(NC1CC1)C(Nc1cccc(CO)c1)c1ccccc1. The molecule has 1 atom stereocenters. The van der Waals surface area contributed by atoms with E-state index in [9.17, 15) is 9.90 Å². The Hall–Kier alpha value is -2.33. The molecule has 0 aromatic heterocycles. The molecule has 3 N–H and O–H groups in total. The number of hydrogen-bond donors (Lipinski definition) is 3. The molecule has 0 heterocycles. The van der Waals surface area contributed by atoms with Gasteiger partial charge in [0.1, 0.15) is 6.04 Å². The molecule has 2 aromatic carbocycles. The number of amides is 1. The zero-order chi connectivity index (χ0) is 15.4. The van der Waals surface area contributed by atoms with Crippen molar-refractivity contribution >= 4 is 11.6 Å². The van der Waals surface area contributed by atoms with E-state index in [4.69, 9.17) is 0 Å². The van der Waals surface area contributed by atoms with Crippen LogP contribution in [0, 0.1) is 0 Å². The summed E-state index contributed by atoms with van der Waals surface area (Å²) in [5, 5.41) is 15.6. The van der Waals surface area contributed by atoms with Gasteiger partial charge in [-0.05, 0) is 36.1 Å². The number of aliphatic hydroxyl groups excluding tert-OH is 1. The molecule has 22 heavy (non-hydrogen) atoms. The maximum absolute atomic E-state index is 12.5. The quantitative estimate of drug-likeness (QED) is 0.768. The number of rotatable bonds is 6. The highest BCUT2D eigenvalue weighted by Crippen LogP contribution is 2.24. The first-order valence-electron chi connectivity index (χ1n) is 7.58. The summed E-state index contributed by atoms with van der Waals surface area (Å²) in [5.74, 6) is -0.0110. The molecule has 1 amide bonds. The lowest BCUT2D eigenvalue weighted by Gasteiger charge is -2.20. The van der Waals surface area contributed by atoms with Crippen LogP contribution in [0.3, 0.4) is 0 Å². The van der Waals surface area contributed by atoms with Gasteiger partial charge >= 0.3 is 0 Å². The molecule has 3 rings (SSSR count). The summed E-state index contributed by atoms with van der Waals surface area (Å²) in [7, 11) is 0. The summed E-state index contributed by atoms with van der Waals surface area (Å²) in [6, 6.07) is 17.1. The minimum Gasteiger partial charge on any atom is -0.392 e. The highest BCUT2D eigenvalue weighted by Gasteiger charge is 2.28. The van der Waals surface area contributed by atoms with Gasteiger partial charge in [0.2, 0.25) is 5.91 Å². The van der Waals surface area contributed by atoms with Gasteiger partial charge in [0.15, 0.2) is 0 Å². The fourth-order valence-electron chi connectivity index (χ4n) is 2.38.